The second kappa shape index (κ2) is 5.72. The molecular weight excluding hydrogens is 258 g/mol. The molecule has 1 amide bonds. The summed E-state index contributed by atoms with van der Waals surface area (Å²) in [5, 5.41) is 3.14. The molecule has 3 atom stereocenters. The van der Waals surface area contributed by atoms with Gasteiger partial charge in [0.25, 0.3) is 0 Å². The number of benzene rings is 2. The van der Waals surface area contributed by atoms with Crippen molar-refractivity contribution in [2.24, 2.45) is 5.92 Å². The normalized spacial score (nSPS) is 21.6. The van der Waals surface area contributed by atoms with E-state index >= 15 is 0 Å². The van der Waals surface area contributed by atoms with Gasteiger partial charge in [-0.15, -0.1) is 0 Å². The lowest BCUT2D eigenvalue weighted by Gasteiger charge is -2.14. The van der Waals surface area contributed by atoms with Crippen molar-refractivity contribution in [2.45, 2.75) is 32.2 Å². The molecule has 1 fully saturated rings. The molecule has 0 radical (unpaired) electrons. The molecule has 2 nitrogen and oxygen atoms in total. The fourth-order valence-corrected chi connectivity index (χ4v) is 2.81. The van der Waals surface area contributed by atoms with Crippen LogP contribution in [0.2, 0.25) is 0 Å². The summed E-state index contributed by atoms with van der Waals surface area (Å²) >= 11 is 0. The highest BCUT2D eigenvalue weighted by Gasteiger charge is 2.44. The first-order valence-electron chi connectivity index (χ1n) is 7.57. The Morgan fingerprint density at radius 1 is 1.10 bits per heavy atom. The average Bonchev–Trinajstić information content (AvgIpc) is 3.29. The van der Waals surface area contributed by atoms with Crippen molar-refractivity contribution in [3.63, 3.8) is 0 Å². The van der Waals surface area contributed by atoms with Gasteiger partial charge in [-0.1, -0.05) is 60.2 Å². The molecule has 0 spiro atoms. The fraction of sp³-hybridized carbons (Fsp3) is 0.316. The molecule has 2 aromatic carbocycles. The van der Waals surface area contributed by atoms with Crippen molar-refractivity contribution >= 4 is 5.91 Å². The predicted octanol–water partition coefficient (Wildman–Crippen LogP) is 3.98. The van der Waals surface area contributed by atoms with Crippen molar-refractivity contribution < 1.29 is 4.79 Å². The number of rotatable bonds is 4. The first-order valence-corrected chi connectivity index (χ1v) is 7.57. The molecule has 3 unspecified atom stereocenters. The zero-order valence-electron chi connectivity index (χ0n) is 12.5. The summed E-state index contributed by atoms with van der Waals surface area (Å²) in [4.78, 5) is 12.3. The van der Waals surface area contributed by atoms with Crippen LogP contribution in [-0.2, 0) is 4.79 Å². The van der Waals surface area contributed by atoms with Crippen molar-refractivity contribution in [2.75, 3.05) is 0 Å². The van der Waals surface area contributed by atoms with Gasteiger partial charge in [-0.25, -0.2) is 0 Å². The summed E-state index contributed by atoms with van der Waals surface area (Å²) in [6.45, 7) is 4.12. The van der Waals surface area contributed by atoms with E-state index in [1.165, 1.54) is 11.1 Å². The van der Waals surface area contributed by atoms with Crippen LogP contribution in [0.5, 0.6) is 0 Å². The topological polar surface area (TPSA) is 29.1 Å². The SMILES string of the molecule is Cc1ccc(C(C)NC(=O)C2CC2c2ccccc2)cc1. The number of amides is 1. The highest BCUT2D eigenvalue weighted by atomic mass is 16.2. The summed E-state index contributed by atoms with van der Waals surface area (Å²) in [5.74, 6) is 0.716. The lowest BCUT2D eigenvalue weighted by atomic mass is 10.1. The van der Waals surface area contributed by atoms with Crippen molar-refractivity contribution in [3.05, 3.63) is 71.3 Å². The van der Waals surface area contributed by atoms with Crippen LogP contribution >= 0.6 is 0 Å². The highest BCUT2D eigenvalue weighted by molar-refractivity contribution is 5.83. The number of carbonyl (C=O) groups excluding carboxylic acids is 1. The maximum Gasteiger partial charge on any atom is 0.224 e. The maximum atomic E-state index is 12.3. The summed E-state index contributed by atoms with van der Waals surface area (Å²) in [6.07, 6.45) is 0.969. The number of aryl methyl sites for hydroxylation is 1. The third kappa shape index (κ3) is 3.15. The zero-order valence-corrected chi connectivity index (χ0v) is 12.5. The first-order chi connectivity index (χ1) is 10.1. The van der Waals surface area contributed by atoms with Gasteiger partial charge in [-0.05, 0) is 37.3 Å². The number of nitrogens with one attached hydrogen (secondary N) is 1. The summed E-state index contributed by atoms with van der Waals surface area (Å²) in [7, 11) is 0. The minimum atomic E-state index is 0.0649. The summed E-state index contributed by atoms with van der Waals surface area (Å²) in [6, 6.07) is 18.7. The number of hydrogen-bond acceptors (Lipinski definition) is 1. The van der Waals surface area contributed by atoms with Crippen LogP contribution in [-0.4, -0.2) is 5.91 Å². The minimum absolute atomic E-state index is 0.0649. The largest absolute Gasteiger partial charge is 0.349 e. The van der Waals surface area contributed by atoms with E-state index in [9.17, 15) is 4.79 Å². The molecule has 1 aliphatic rings. The van der Waals surface area contributed by atoms with E-state index in [-0.39, 0.29) is 17.9 Å². The quantitative estimate of drug-likeness (QED) is 0.901. The Hall–Kier alpha value is -2.09. The third-order valence-electron chi connectivity index (χ3n) is 4.29. The van der Waals surface area contributed by atoms with Gasteiger partial charge in [0.2, 0.25) is 5.91 Å². The van der Waals surface area contributed by atoms with Gasteiger partial charge in [0, 0.05) is 5.92 Å². The Kier molecular flexibility index (Phi) is 3.78. The number of hydrogen-bond donors (Lipinski definition) is 1. The molecule has 2 aromatic rings. The van der Waals surface area contributed by atoms with Crippen LogP contribution < -0.4 is 5.32 Å². The van der Waals surface area contributed by atoms with Crippen molar-refractivity contribution in [1.82, 2.24) is 5.32 Å². The molecular formula is C19H21NO. The average molecular weight is 279 g/mol. The molecule has 3 rings (SSSR count). The fourth-order valence-electron chi connectivity index (χ4n) is 2.81. The Balaban J connectivity index is 1.59. The van der Waals surface area contributed by atoms with E-state index in [0.717, 1.165) is 12.0 Å². The number of carbonyl (C=O) groups is 1. The van der Waals surface area contributed by atoms with E-state index in [1.54, 1.807) is 0 Å². The molecule has 1 aliphatic carbocycles. The smallest absolute Gasteiger partial charge is 0.224 e. The Labute approximate surface area is 126 Å². The van der Waals surface area contributed by atoms with Crippen LogP contribution in [0, 0.1) is 12.8 Å². The van der Waals surface area contributed by atoms with E-state index in [4.69, 9.17) is 0 Å². The van der Waals surface area contributed by atoms with Crippen molar-refractivity contribution in [3.8, 4) is 0 Å². The van der Waals surface area contributed by atoms with Crippen LogP contribution in [0.25, 0.3) is 0 Å². The molecule has 0 bridgehead atoms. The standard InChI is InChI=1S/C19H21NO/c1-13-8-10-15(11-9-13)14(2)20-19(21)18-12-17(18)16-6-4-3-5-7-16/h3-11,14,17-18H,12H2,1-2H3,(H,20,21). The predicted molar refractivity (Wildman–Crippen MR) is 85.0 cm³/mol. The minimum Gasteiger partial charge on any atom is -0.349 e. The summed E-state index contributed by atoms with van der Waals surface area (Å²) < 4.78 is 0. The molecule has 0 heterocycles. The van der Waals surface area contributed by atoms with Crippen LogP contribution in [0.1, 0.15) is 42.0 Å². The lowest BCUT2D eigenvalue weighted by Crippen LogP contribution is -2.28. The zero-order chi connectivity index (χ0) is 14.8. The first kappa shape index (κ1) is 13.9. The van der Waals surface area contributed by atoms with Gasteiger partial charge in [0.05, 0.1) is 6.04 Å². The third-order valence-corrected chi connectivity index (χ3v) is 4.29. The molecule has 0 aromatic heterocycles. The van der Waals surface area contributed by atoms with Gasteiger partial charge in [-0.2, -0.15) is 0 Å². The molecule has 0 saturated heterocycles. The van der Waals surface area contributed by atoms with Gasteiger partial charge in [0.15, 0.2) is 0 Å². The van der Waals surface area contributed by atoms with Gasteiger partial charge in [0.1, 0.15) is 0 Å². The Morgan fingerprint density at radius 3 is 2.43 bits per heavy atom. The van der Waals surface area contributed by atoms with Crippen LogP contribution in [0.15, 0.2) is 54.6 Å². The molecule has 1 saturated carbocycles. The second-order valence-electron chi connectivity index (χ2n) is 6.00. The molecule has 2 heteroatoms. The molecule has 108 valence electrons. The van der Waals surface area contributed by atoms with Gasteiger partial charge < -0.3 is 5.32 Å². The molecule has 1 N–H and O–H groups in total. The highest BCUT2D eigenvalue weighted by Crippen LogP contribution is 2.47. The van der Waals surface area contributed by atoms with E-state index in [1.807, 2.05) is 25.1 Å². The van der Waals surface area contributed by atoms with Gasteiger partial charge >= 0.3 is 0 Å². The van der Waals surface area contributed by atoms with E-state index in [2.05, 4.69) is 48.6 Å². The molecule has 21 heavy (non-hydrogen) atoms. The van der Waals surface area contributed by atoms with Crippen LogP contribution in [0.4, 0.5) is 0 Å². The van der Waals surface area contributed by atoms with Crippen LogP contribution in [0.3, 0.4) is 0 Å². The van der Waals surface area contributed by atoms with E-state index in [0.29, 0.717) is 5.92 Å². The van der Waals surface area contributed by atoms with Gasteiger partial charge in [-0.3, -0.25) is 4.79 Å². The van der Waals surface area contributed by atoms with E-state index < -0.39 is 0 Å². The summed E-state index contributed by atoms with van der Waals surface area (Å²) in [5.41, 5.74) is 3.68. The Morgan fingerprint density at radius 2 is 1.76 bits per heavy atom. The van der Waals surface area contributed by atoms with Crippen molar-refractivity contribution in [1.29, 1.82) is 0 Å². The lowest BCUT2D eigenvalue weighted by molar-refractivity contribution is -0.123. The monoisotopic (exact) mass is 279 g/mol. The maximum absolute atomic E-state index is 12.3. The Bertz CT molecular complexity index is 618. The molecule has 0 aliphatic heterocycles. The second-order valence-corrected chi connectivity index (χ2v) is 6.00.